The maximum atomic E-state index is 13.0. The van der Waals surface area contributed by atoms with Crippen LogP contribution in [0.3, 0.4) is 0 Å². The van der Waals surface area contributed by atoms with Gasteiger partial charge in [0.1, 0.15) is 12.2 Å². The Balaban J connectivity index is 1.54. The Morgan fingerprint density at radius 2 is 1.63 bits per heavy atom. The number of rotatable bonds is 3. The van der Waals surface area contributed by atoms with Gasteiger partial charge in [-0.2, -0.15) is 0 Å². The largest absolute Gasteiger partial charge is 0.294 e. The van der Waals surface area contributed by atoms with E-state index in [1.165, 1.54) is 11.3 Å². The molecule has 3 aromatic rings. The molecule has 1 aliphatic rings. The van der Waals surface area contributed by atoms with Crippen molar-refractivity contribution in [2.24, 2.45) is 5.92 Å². The average molecular weight is 422 g/mol. The summed E-state index contributed by atoms with van der Waals surface area (Å²) in [5, 5.41) is 3.43. The smallest absolute Gasteiger partial charge is 0.274 e. The van der Waals surface area contributed by atoms with Gasteiger partial charge in [-0.15, -0.1) is 0 Å². The van der Waals surface area contributed by atoms with Crippen LogP contribution in [0.15, 0.2) is 65.1 Å². The van der Waals surface area contributed by atoms with Gasteiger partial charge in [0.05, 0.1) is 12.5 Å². The fourth-order valence-electron chi connectivity index (χ4n) is 3.71. The summed E-state index contributed by atoms with van der Waals surface area (Å²) in [6, 6.07) is 20.5. The molecule has 136 valence electrons. The Hall–Kier alpha value is -2.46. The van der Waals surface area contributed by atoms with E-state index in [9.17, 15) is 4.79 Å². The Kier molecular flexibility index (Phi) is 4.83. The lowest BCUT2D eigenvalue weighted by atomic mass is 9.94. The number of pyridine rings is 1. The average Bonchev–Trinajstić information content (AvgIpc) is 2.68. The second-order valence-corrected chi connectivity index (χ2v) is 8.11. The number of hydrogen-bond acceptors (Lipinski definition) is 2. The molecule has 0 spiro atoms. The van der Waals surface area contributed by atoms with Crippen molar-refractivity contribution in [3.05, 3.63) is 82.0 Å². The first-order valence-corrected chi connectivity index (χ1v) is 9.96. The number of aromatic nitrogens is 1. The molecule has 1 atom stereocenters. The first kappa shape index (κ1) is 17.9. The molecule has 0 fully saturated rings. The highest BCUT2D eigenvalue weighted by molar-refractivity contribution is 9.10. The number of ketones is 1. The number of anilines is 1. The number of carbonyl (C=O) groups is 1. The normalized spacial score (nSPS) is 15.7. The molecule has 4 heteroatoms. The number of Topliss-reactive ketones (excluding diaryl/α,β-unsaturated/α-hetero) is 1. The Labute approximate surface area is 168 Å². The van der Waals surface area contributed by atoms with Crippen LogP contribution in [-0.4, -0.2) is 12.3 Å². The van der Waals surface area contributed by atoms with Crippen molar-refractivity contribution in [3.63, 3.8) is 0 Å². The Morgan fingerprint density at radius 3 is 2.30 bits per heavy atom. The molecule has 2 heterocycles. The van der Waals surface area contributed by atoms with Crippen LogP contribution in [0.5, 0.6) is 0 Å². The van der Waals surface area contributed by atoms with Crippen LogP contribution >= 0.6 is 15.9 Å². The van der Waals surface area contributed by atoms with E-state index in [0.717, 1.165) is 33.5 Å². The predicted molar refractivity (Wildman–Crippen MR) is 112 cm³/mol. The van der Waals surface area contributed by atoms with E-state index >= 15 is 0 Å². The highest BCUT2D eigenvalue weighted by Crippen LogP contribution is 2.24. The third-order valence-electron chi connectivity index (χ3n) is 5.17. The first-order chi connectivity index (χ1) is 13.0. The second-order valence-electron chi connectivity index (χ2n) is 7.20. The summed E-state index contributed by atoms with van der Waals surface area (Å²) in [4.78, 5) is 13.0. The maximum Gasteiger partial charge on any atom is 0.274 e. The fourth-order valence-corrected chi connectivity index (χ4v) is 3.98. The molecule has 0 radical (unpaired) electrons. The van der Waals surface area contributed by atoms with E-state index in [-0.39, 0.29) is 11.7 Å². The molecule has 0 saturated carbocycles. The molecule has 2 aromatic carbocycles. The lowest BCUT2D eigenvalue weighted by Gasteiger charge is -2.22. The molecule has 1 unspecified atom stereocenters. The van der Waals surface area contributed by atoms with Crippen molar-refractivity contribution in [1.29, 1.82) is 0 Å². The molecule has 1 aromatic heterocycles. The number of nitrogens with one attached hydrogen (secondary N) is 1. The highest BCUT2D eigenvalue weighted by Gasteiger charge is 2.31. The number of benzene rings is 2. The molecule has 0 saturated heterocycles. The monoisotopic (exact) mass is 421 g/mol. The highest BCUT2D eigenvalue weighted by atomic mass is 79.9. The van der Waals surface area contributed by atoms with E-state index in [1.54, 1.807) is 0 Å². The molecule has 0 aliphatic carbocycles. The molecule has 4 rings (SSSR count). The van der Waals surface area contributed by atoms with Gasteiger partial charge >= 0.3 is 0 Å². The van der Waals surface area contributed by atoms with Crippen LogP contribution in [0.25, 0.3) is 11.1 Å². The zero-order valence-electron chi connectivity index (χ0n) is 15.5. The number of carbonyl (C=O) groups excluding carboxylic acids is 1. The summed E-state index contributed by atoms with van der Waals surface area (Å²) >= 11 is 3.46. The third-order valence-corrected chi connectivity index (χ3v) is 5.70. The maximum absolute atomic E-state index is 13.0. The van der Waals surface area contributed by atoms with Gasteiger partial charge in [-0.3, -0.25) is 10.1 Å². The van der Waals surface area contributed by atoms with E-state index < -0.39 is 0 Å². The SMILES string of the molecule is Cc1cc(C)[n+]2c(c1)NCC(C(=O)c1ccc(-c3ccc(Br)cc3)cc1)C2. The molecule has 0 bridgehead atoms. The minimum absolute atomic E-state index is 0.0533. The zero-order chi connectivity index (χ0) is 19.0. The minimum atomic E-state index is -0.0533. The number of aryl methyl sites for hydroxylation is 2. The Morgan fingerprint density at radius 1 is 1.00 bits per heavy atom. The second kappa shape index (κ2) is 7.28. The molecule has 1 N–H and O–H groups in total. The van der Waals surface area contributed by atoms with Gasteiger partial charge in [0.2, 0.25) is 0 Å². The van der Waals surface area contributed by atoms with Gasteiger partial charge in [0, 0.05) is 16.1 Å². The minimum Gasteiger partial charge on any atom is -0.294 e. The van der Waals surface area contributed by atoms with Crippen LogP contribution in [-0.2, 0) is 6.54 Å². The van der Waals surface area contributed by atoms with Gasteiger partial charge in [-0.25, -0.2) is 4.57 Å². The number of fused-ring (bicyclic) bond motifs is 1. The molecular formula is C23H22BrN2O+. The molecule has 27 heavy (non-hydrogen) atoms. The topological polar surface area (TPSA) is 33.0 Å². The number of halogens is 1. The van der Waals surface area contributed by atoms with Crippen molar-refractivity contribution in [2.75, 3.05) is 11.9 Å². The summed E-state index contributed by atoms with van der Waals surface area (Å²) in [7, 11) is 0. The zero-order valence-corrected chi connectivity index (χ0v) is 17.1. The summed E-state index contributed by atoms with van der Waals surface area (Å²) in [5.41, 5.74) is 5.45. The summed E-state index contributed by atoms with van der Waals surface area (Å²) < 4.78 is 3.26. The quantitative estimate of drug-likeness (QED) is 0.479. The van der Waals surface area contributed by atoms with Gasteiger partial charge in [-0.05, 0) is 48.7 Å². The van der Waals surface area contributed by atoms with E-state index in [2.05, 4.69) is 63.9 Å². The summed E-state index contributed by atoms with van der Waals surface area (Å²) in [5.74, 6) is 1.24. The standard InChI is InChI=1S/C23H21BrN2O/c1-15-11-16(2)26-14-20(13-25-22(26)12-15)23(27)19-5-3-17(4-6-19)18-7-9-21(24)10-8-18/h3-12,20H,13-14H2,1-2H3/p+1. The van der Waals surface area contributed by atoms with Crippen molar-refractivity contribution in [2.45, 2.75) is 20.4 Å². The lowest BCUT2D eigenvalue weighted by molar-refractivity contribution is -0.696. The molecular weight excluding hydrogens is 400 g/mol. The Bertz CT molecular complexity index is 994. The number of nitrogens with zero attached hydrogens (tertiary/aromatic N) is 1. The molecule has 3 nitrogen and oxygen atoms in total. The van der Waals surface area contributed by atoms with Crippen LogP contribution in [0.1, 0.15) is 21.6 Å². The van der Waals surface area contributed by atoms with Gasteiger partial charge in [0.25, 0.3) is 5.82 Å². The van der Waals surface area contributed by atoms with Gasteiger partial charge in [-0.1, -0.05) is 52.3 Å². The van der Waals surface area contributed by atoms with Crippen LogP contribution in [0.4, 0.5) is 5.82 Å². The van der Waals surface area contributed by atoms with Crippen molar-refractivity contribution in [1.82, 2.24) is 0 Å². The lowest BCUT2D eigenvalue weighted by Crippen LogP contribution is -2.51. The van der Waals surface area contributed by atoms with Crippen molar-refractivity contribution < 1.29 is 9.36 Å². The first-order valence-electron chi connectivity index (χ1n) is 9.16. The summed E-state index contributed by atoms with van der Waals surface area (Å²) in [6.07, 6.45) is 0. The third kappa shape index (κ3) is 3.67. The van der Waals surface area contributed by atoms with Crippen LogP contribution in [0.2, 0.25) is 0 Å². The fraction of sp³-hybridized carbons (Fsp3) is 0.217. The van der Waals surface area contributed by atoms with E-state index in [0.29, 0.717) is 6.54 Å². The molecule has 1 aliphatic heterocycles. The van der Waals surface area contributed by atoms with E-state index in [1.807, 2.05) is 36.4 Å². The van der Waals surface area contributed by atoms with Gasteiger partial charge < -0.3 is 0 Å². The predicted octanol–water partition coefficient (Wildman–Crippen LogP) is 4.95. The van der Waals surface area contributed by atoms with Gasteiger partial charge in [0.15, 0.2) is 5.78 Å². The van der Waals surface area contributed by atoms with Crippen LogP contribution < -0.4 is 9.88 Å². The van der Waals surface area contributed by atoms with Crippen LogP contribution in [0, 0.1) is 19.8 Å². The van der Waals surface area contributed by atoms with Crippen molar-refractivity contribution >= 4 is 27.5 Å². The number of hydrogen-bond donors (Lipinski definition) is 1. The molecule has 0 amide bonds. The van der Waals surface area contributed by atoms with Crippen molar-refractivity contribution in [3.8, 4) is 11.1 Å². The summed E-state index contributed by atoms with van der Waals surface area (Å²) in [6.45, 7) is 5.59. The van der Waals surface area contributed by atoms with E-state index in [4.69, 9.17) is 0 Å².